The highest BCUT2D eigenvalue weighted by Crippen LogP contribution is 2.45. The molecule has 2 aromatic rings. The minimum absolute atomic E-state index is 0.000619. The molecule has 2 aromatic carbocycles. The smallest absolute Gasteiger partial charge is 0.267 e. The van der Waals surface area contributed by atoms with Gasteiger partial charge in [0.05, 0.1) is 23.4 Å². The van der Waals surface area contributed by atoms with Crippen molar-refractivity contribution < 1.29 is 26.7 Å². The van der Waals surface area contributed by atoms with Gasteiger partial charge < -0.3 is 4.74 Å². The van der Waals surface area contributed by atoms with E-state index >= 15 is 0 Å². The van der Waals surface area contributed by atoms with Crippen LogP contribution in [0.1, 0.15) is 53.1 Å². The van der Waals surface area contributed by atoms with Crippen molar-refractivity contribution in [2.45, 2.75) is 38.1 Å². The Labute approximate surface area is 213 Å². The molecule has 1 aliphatic carbocycles. The number of nitrogens with zero attached hydrogens (tertiary/aromatic N) is 1. The lowest BCUT2D eigenvalue weighted by atomic mass is 9.97. The predicted molar refractivity (Wildman–Crippen MR) is 131 cm³/mol. The number of rotatable bonds is 8. The monoisotopic (exact) mass is 546 g/mol. The first kappa shape index (κ1) is 26.1. The van der Waals surface area contributed by atoms with E-state index in [-0.39, 0.29) is 22.4 Å². The molecular weight excluding hydrogens is 521 g/mol. The van der Waals surface area contributed by atoms with Crippen LogP contribution in [0.25, 0.3) is 0 Å². The lowest BCUT2D eigenvalue weighted by Crippen LogP contribution is -2.35. The number of piperidine rings is 1. The third kappa shape index (κ3) is 6.84. The second-order valence-electron chi connectivity index (χ2n) is 9.24. The zero-order chi connectivity index (χ0) is 25.3. The standard InChI is InChI=1S/C24H26Cl2F2N2O4S/c1-35(32,33)29-24(31)18-9-17(15-2-3-15)23(11-21(18)27)34-13-14-4-6-30(7-5-14)12-16-8-22(28)20(26)10-19(16)25/h8-11,14-15H,2-7,12-13H2,1H3,(H,29,31). The summed E-state index contributed by atoms with van der Waals surface area (Å²) in [5.74, 6) is -1.49. The van der Waals surface area contributed by atoms with Crippen LogP contribution in [-0.2, 0) is 16.6 Å². The van der Waals surface area contributed by atoms with E-state index in [4.69, 9.17) is 27.9 Å². The Morgan fingerprint density at radius 2 is 1.74 bits per heavy atom. The summed E-state index contributed by atoms with van der Waals surface area (Å²) in [6.45, 7) is 2.48. The minimum Gasteiger partial charge on any atom is -0.493 e. The van der Waals surface area contributed by atoms with Crippen LogP contribution in [0.3, 0.4) is 0 Å². The van der Waals surface area contributed by atoms with E-state index in [9.17, 15) is 22.0 Å². The van der Waals surface area contributed by atoms with Crippen molar-refractivity contribution in [3.05, 3.63) is 62.6 Å². The number of ether oxygens (including phenoxy) is 1. The molecule has 1 saturated carbocycles. The SMILES string of the molecule is CS(=O)(=O)NC(=O)c1cc(C2CC2)c(OCC2CCN(Cc3cc(F)c(Cl)cc3Cl)CC2)cc1F. The van der Waals surface area contributed by atoms with Crippen molar-refractivity contribution in [2.24, 2.45) is 5.92 Å². The fraction of sp³-hybridized carbons (Fsp3) is 0.458. The van der Waals surface area contributed by atoms with Gasteiger partial charge >= 0.3 is 0 Å². The third-order valence-corrected chi connectivity index (χ3v) is 7.50. The first-order chi connectivity index (χ1) is 16.5. The van der Waals surface area contributed by atoms with Gasteiger partial charge in [-0.25, -0.2) is 21.9 Å². The Hall–Kier alpha value is -1.94. The van der Waals surface area contributed by atoms with Gasteiger partial charge in [0, 0.05) is 17.6 Å². The van der Waals surface area contributed by atoms with Crippen LogP contribution in [0.5, 0.6) is 5.75 Å². The molecule has 1 heterocycles. The molecule has 11 heteroatoms. The van der Waals surface area contributed by atoms with E-state index in [2.05, 4.69) is 4.90 Å². The summed E-state index contributed by atoms with van der Waals surface area (Å²) < 4.78 is 59.0. The number of hydrogen-bond acceptors (Lipinski definition) is 5. The van der Waals surface area contributed by atoms with Gasteiger partial charge in [-0.1, -0.05) is 23.2 Å². The highest BCUT2D eigenvalue weighted by atomic mass is 35.5. The fourth-order valence-electron chi connectivity index (χ4n) is 4.25. The molecule has 4 rings (SSSR count). The second kappa shape index (κ2) is 10.6. The molecule has 1 aliphatic heterocycles. The summed E-state index contributed by atoms with van der Waals surface area (Å²) in [6.07, 6.45) is 4.35. The van der Waals surface area contributed by atoms with Crippen molar-refractivity contribution in [1.82, 2.24) is 9.62 Å². The first-order valence-electron chi connectivity index (χ1n) is 11.3. The molecule has 35 heavy (non-hydrogen) atoms. The highest BCUT2D eigenvalue weighted by molar-refractivity contribution is 7.89. The quantitative estimate of drug-likeness (QED) is 0.464. The Kier molecular flexibility index (Phi) is 7.90. The summed E-state index contributed by atoms with van der Waals surface area (Å²) in [6, 6.07) is 5.37. The Bertz CT molecular complexity index is 1230. The Balaban J connectivity index is 1.36. The van der Waals surface area contributed by atoms with Gasteiger partial charge in [-0.15, -0.1) is 0 Å². The largest absolute Gasteiger partial charge is 0.493 e. The van der Waals surface area contributed by atoms with Crippen LogP contribution in [-0.4, -0.2) is 45.2 Å². The van der Waals surface area contributed by atoms with E-state index in [1.165, 1.54) is 24.3 Å². The van der Waals surface area contributed by atoms with Crippen LogP contribution in [0.2, 0.25) is 10.0 Å². The number of likely N-dealkylation sites (tertiary alicyclic amines) is 1. The maximum absolute atomic E-state index is 14.7. The normalized spacial score (nSPS) is 17.4. The molecule has 0 bridgehead atoms. The van der Waals surface area contributed by atoms with Crippen molar-refractivity contribution in [3.8, 4) is 5.75 Å². The molecule has 0 atom stereocenters. The second-order valence-corrected chi connectivity index (χ2v) is 11.8. The Morgan fingerprint density at radius 3 is 2.37 bits per heavy atom. The van der Waals surface area contributed by atoms with Gasteiger partial charge in [-0.05, 0) is 79.9 Å². The molecule has 0 radical (unpaired) electrons. The fourth-order valence-corrected chi connectivity index (χ4v) is 5.14. The average molecular weight is 547 g/mol. The van der Waals surface area contributed by atoms with Gasteiger partial charge in [0.25, 0.3) is 5.91 Å². The molecule has 1 amide bonds. The summed E-state index contributed by atoms with van der Waals surface area (Å²) in [5.41, 5.74) is 1.10. The lowest BCUT2D eigenvalue weighted by molar-refractivity contribution is 0.0977. The summed E-state index contributed by atoms with van der Waals surface area (Å²) >= 11 is 12.0. The van der Waals surface area contributed by atoms with Crippen LogP contribution in [0.15, 0.2) is 24.3 Å². The number of sulfonamides is 1. The van der Waals surface area contributed by atoms with Crippen LogP contribution in [0.4, 0.5) is 8.78 Å². The molecule has 2 aliphatic rings. The van der Waals surface area contributed by atoms with Gasteiger partial charge in [0.2, 0.25) is 10.0 Å². The van der Waals surface area contributed by atoms with Gasteiger partial charge in [-0.2, -0.15) is 0 Å². The van der Waals surface area contributed by atoms with Gasteiger partial charge in [-0.3, -0.25) is 9.69 Å². The van der Waals surface area contributed by atoms with E-state index in [1.807, 2.05) is 4.72 Å². The van der Waals surface area contributed by atoms with Gasteiger partial charge in [0.1, 0.15) is 17.4 Å². The molecule has 2 fully saturated rings. The first-order valence-corrected chi connectivity index (χ1v) is 14.0. The Morgan fingerprint density at radius 1 is 1.06 bits per heavy atom. The maximum atomic E-state index is 14.7. The van der Waals surface area contributed by atoms with Crippen LogP contribution >= 0.6 is 23.2 Å². The maximum Gasteiger partial charge on any atom is 0.267 e. The number of carbonyl (C=O) groups excluding carboxylic acids is 1. The number of halogens is 4. The van der Waals surface area contributed by atoms with Crippen molar-refractivity contribution in [3.63, 3.8) is 0 Å². The third-order valence-electron chi connectivity index (χ3n) is 6.30. The van der Waals surface area contributed by atoms with Crippen molar-refractivity contribution >= 4 is 39.1 Å². The number of amides is 1. The van der Waals surface area contributed by atoms with E-state index < -0.39 is 27.6 Å². The van der Waals surface area contributed by atoms with E-state index in [0.29, 0.717) is 29.5 Å². The molecule has 0 spiro atoms. The van der Waals surface area contributed by atoms with Crippen molar-refractivity contribution in [1.29, 1.82) is 0 Å². The van der Waals surface area contributed by atoms with Crippen molar-refractivity contribution in [2.75, 3.05) is 26.0 Å². The van der Waals surface area contributed by atoms with Crippen LogP contribution in [0, 0.1) is 17.6 Å². The predicted octanol–water partition coefficient (Wildman–Crippen LogP) is 5.13. The number of nitrogens with one attached hydrogen (secondary N) is 1. The molecular formula is C24H26Cl2F2N2O4S. The summed E-state index contributed by atoms with van der Waals surface area (Å²) in [5, 5.41) is 0.436. The highest BCUT2D eigenvalue weighted by Gasteiger charge is 2.30. The van der Waals surface area contributed by atoms with E-state index in [0.717, 1.165) is 50.6 Å². The average Bonchev–Trinajstić information content (AvgIpc) is 3.61. The molecule has 0 aromatic heterocycles. The zero-order valence-corrected chi connectivity index (χ0v) is 21.4. The topological polar surface area (TPSA) is 75.7 Å². The minimum atomic E-state index is -3.80. The number of carbonyl (C=O) groups is 1. The summed E-state index contributed by atoms with van der Waals surface area (Å²) in [4.78, 5) is 14.4. The number of hydrogen-bond donors (Lipinski definition) is 1. The van der Waals surface area contributed by atoms with Gasteiger partial charge in [0.15, 0.2) is 0 Å². The molecule has 6 nitrogen and oxygen atoms in total. The number of benzene rings is 2. The zero-order valence-electron chi connectivity index (χ0n) is 19.1. The van der Waals surface area contributed by atoms with Crippen LogP contribution < -0.4 is 9.46 Å². The molecule has 190 valence electrons. The van der Waals surface area contributed by atoms with E-state index in [1.54, 1.807) is 0 Å². The summed E-state index contributed by atoms with van der Waals surface area (Å²) in [7, 11) is -3.80. The lowest BCUT2D eigenvalue weighted by Gasteiger charge is -2.32. The molecule has 1 N–H and O–H groups in total. The molecule has 0 unspecified atom stereocenters. The molecule has 1 saturated heterocycles.